The molecule has 1 aromatic carbocycles. The van der Waals surface area contributed by atoms with Crippen molar-refractivity contribution in [1.82, 2.24) is 19.7 Å². The largest absolute Gasteiger partial charge is 0.468 e. The Hall–Kier alpha value is -2.92. The van der Waals surface area contributed by atoms with Crippen LogP contribution in [-0.2, 0) is 17.0 Å². The van der Waals surface area contributed by atoms with Crippen molar-refractivity contribution in [3.63, 3.8) is 0 Å². The van der Waals surface area contributed by atoms with Crippen LogP contribution in [0.25, 0.3) is 5.69 Å². The lowest BCUT2D eigenvalue weighted by Crippen LogP contribution is -2.30. The van der Waals surface area contributed by atoms with Crippen LogP contribution in [0.2, 0.25) is 0 Å². The van der Waals surface area contributed by atoms with Crippen LogP contribution in [0.5, 0.6) is 5.75 Å². The SMILES string of the molecule is CCOC(=O)c1ccoc1CSc1nnc(CN2CCCCC2)n1-c1ccc(OC(F)F)cc1. The lowest BCUT2D eigenvalue weighted by molar-refractivity contribution is -0.0498. The molecular weight excluding hydrogens is 466 g/mol. The molecule has 182 valence electrons. The topological polar surface area (TPSA) is 82.6 Å². The summed E-state index contributed by atoms with van der Waals surface area (Å²) < 4.78 is 42.1. The average Bonchev–Trinajstić information content (AvgIpc) is 3.46. The van der Waals surface area contributed by atoms with E-state index in [-0.39, 0.29) is 12.4 Å². The first kappa shape index (κ1) is 24.2. The maximum absolute atomic E-state index is 12.6. The van der Waals surface area contributed by atoms with E-state index in [0.717, 1.165) is 37.4 Å². The molecule has 0 bridgehead atoms. The van der Waals surface area contributed by atoms with E-state index < -0.39 is 12.6 Å². The van der Waals surface area contributed by atoms with E-state index in [1.54, 1.807) is 25.1 Å². The van der Waals surface area contributed by atoms with Crippen LogP contribution in [-0.4, -0.2) is 51.9 Å². The van der Waals surface area contributed by atoms with Crippen molar-refractivity contribution < 1.29 is 27.5 Å². The molecule has 8 nitrogen and oxygen atoms in total. The molecule has 1 aliphatic heterocycles. The van der Waals surface area contributed by atoms with Gasteiger partial charge in [0.25, 0.3) is 0 Å². The lowest BCUT2D eigenvalue weighted by Gasteiger charge is -2.26. The molecule has 1 fully saturated rings. The minimum Gasteiger partial charge on any atom is -0.468 e. The van der Waals surface area contributed by atoms with Crippen LogP contribution in [0, 0.1) is 0 Å². The number of carbonyl (C=O) groups excluding carboxylic acids is 1. The van der Waals surface area contributed by atoms with E-state index in [1.165, 1.54) is 36.6 Å². The number of halogens is 2. The molecule has 3 heterocycles. The Balaban J connectivity index is 1.58. The number of furan rings is 1. The van der Waals surface area contributed by atoms with Gasteiger partial charge in [-0.25, -0.2) is 4.79 Å². The lowest BCUT2D eigenvalue weighted by atomic mass is 10.1. The number of nitrogens with zero attached hydrogens (tertiary/aromatic N) is 4. The van der Waals surface area contributed by atoms with Gasteiger partial charge >= 0.3 is 12.6 Å². The van der Waals surface area contributed by atoms with Crippen molar-refractivity contribution in [3.8, 4) is 11.4 Å². The van der Waals surface area contributed by atoms with E-state index in [2.05, 4.69) is 19.8 Å². The number of likely N-dealkylation sites (tertiary alicyclic amines) is 1. The highest BCUT2D eigenvalue weighted by atomic mass is 32.2. The molecule has 2 aromatic heterocycles. The molecule has 0 radical (unpaired) electrons. The van der Waals surface area contributed by atoms with Crippen LogP contribution >= 0.6 is 11.8 Å². The van der Waals surface area contributed by atoms with Gasteiger partial charge in [0.1, 0.15) is 17.1 Å². The fourth-order valence-corrected chi connectivity index (χ4v) is 4.75. The van der Waals surface area contributed by atoms with Crippen molar-refractivity contribution in [2.75, 3.05) is 19.7 Å². The molecule has 0 amide bonds. The number of esters is 1. The third-order valence-electron chi connectivity index (χ3n) is 5.41. The summed E-state index contributed by atoms with van der Waals surface area (Å²) in [5.74, 6) is 1.21. The van der Waals surface area contributed by atoms with Gasteiger partial charge in [-0.05, 0) is 63.2 Å². The normalized spacial score (nSPS) is 14.5. The van der Waals surface area contributed by atoms with Crippen LogP contribution in [0.3, 0.4) is 0 Å². The molecule has 0 atom stereocenters. The van der Waals surface area contributed by atoms with Crippen LogP contribution < -0.4 is 4.74 Å². The molecule has 0 N–H and O–H groups in total. The van der Waals surface area contributed by atoms with Gasteiger partial charge in [-0.2, -0.15) is 8.78 Å². The number of benzene rings is 1. The van der Waals surface area contributed by atoms with Crippen molar-refractivity contribution >= 4 is 17.7 Å². The van der Waals surface area contributed by atoms with Crippen LogP contribution in [0.15, 0.2) is 46.2 Å². The summed E-state index contributed by atoms with van der Waals surface area (Å²) in [4.78, 5) is 14.5. The third kappa shape index (κ3) is 5.95. The molecule has 0 aliphatic carbocycles. The highest BCUT2D eigenvalue weighted by molar-refractivity contribution is 7.98. The number of rotatable bonds is 10. The van der Waals surface area contributed by atoms with Crippen molar-refractivity contribution in [3.05, 3.63) is 53.7 Å². The number of piperidine rings is 1. The Bertz CT molecular complexity index is 1080. The number of hydrogen-bond acceptors (Lipinski definition) is 8. The second-order valence-corrected chi connectivity index (χ2v) is 8.65. The highest BCUT2D eigenvalue weighted by Crippen LogP contribution is 2.29. The third-order valence-corrected chi connectivity index (χ3v) is 6.34. The Labute approximate surface area is 200 Å². The van der Waals surface area contributed by atoms with Crippen LogP contribution in [0.1, 0.15) is 48.1 Å². The fourth-order valence-electron chi connectivity index (χ4n) is 3.82. The average molecular weight is 493 g/mol. The number of ether oxygens (including phenoxy) is 2. The Morgan fingerprint density at radius 3 is 2.62 bits per heavy atom. The van der Waals surface area contributed by atoms with Gasteiger partial charge in [0.15, 0.2) is 11.0 Å². The van der Waals surface area contributed by atoms with Gasteiger partial charge in [-0.3, -0.25) is 9.47 Å². The zero-order valence-electron chi connectivity index (χ0n) is 18.8. The second-order valence-electron chi connectivity index (χ2n) is 7.71. The fraction of sp³-hybridized carbons (Fsp3) is 0.435. The predicted molar refractivity (Wildman–Crippen MR) is 121 cm³/mol. The number of alkyl halides is 2. The Kier molecular flexibility index (Phi) is 8.17. The standard InChI is InChI=1S/C23H26F2N4O4S/c1-2-31-21(30)18-10-13-32-19(18)15-34-23-27-26-20(14-28-11-4-3-5-12-28)29(23)16-6-8-17(9-7-16)33-22(24)25/h6-10,13,22H,2-5,11-12,14-15H2,1H3. The number of thioether (sulfide) groups is 1. The molecule has 0 spiro atoms. The zero-order valence-corrected chi connectivity index (χ0v) is 19.6. The van der Waals surface area contributed by atoms with E-state index in [0.29, 0.717) is 28.8 Å². The maximum atomic E-state index is 12.6. The number of carbonyl (C=O) groups is 1. The molecule has 34 heavy (non-hydrogen) atoms. The van der Waals surface area contributed by atoms with Gasteiger partial charge < -0.3 is 13.9 Å². The summed E-state index contributed by atoms with van der Waals surface area (Å²) in [6.45, 7) is 1.74. The summed E-state index contributed by atoms with van der Waals surface area (Å²) in [5, 5.41) is 9.40. The summed E-state index contributed by atoms with van der Waals surface area (Å²) >= 11 is 1.37. The van der Waals surface area contributed by atoms with E-state index in [4.69, 9.17) is 9.15 Å². The van der Waals surface area contributed by atoms with Gasteiger partial charge in [0.2, 0.25) is 0 Å². The number of hydrogen-bond donors (Lipinski definition) is 0. The molecule has 3 aromatic rings. The van der Waals surface area contributed by atoms with Gasteiger partial charge in [0.05, 0.1) is 25.2 Å². The molecule has 1 saturated heterocycles. The quantitative estimate of drug-likeness (QED) is 0.292. The Morgan fingerprint density at radius 2 is 1.91 bits per heavy atom. The van der Waals surface area contributed by atoms with E-state index in [9.17, 15) is 13.6 Å². The van der Waals surface area contributed by atoms with E-state index >= 15 is 0 Å². The first-order chi connectivity index (χ1) is 16.5. The Morgan fingerprint density at radius 1 is 1.15 bits per heavy atom. The van der Waals surface area contributed by atoms with Gasteiger partial charge in [-0.15, -0.1) is 10.2 Å². The summed E-state index contributed by atoms with van der Waals surface area (Å²) in [5.41, 5.74) is 1.11. The minimum absolute atomic E-state index is 0.0771. The monoisotopic (exact) mass is 492 g/mol. The smallest absolute Gasteiger partial charge is 0.387 e. The first-order valence-electron chi connectivity index (χ1n) is 11.1. The van der Waals surface area contributed by atoms with Gasteiger partial charge in [-0.1, -0.05) is 18.2 Å². The molecule has 0 unspecified atom stereocenters. The van der Waals surface area contributed by atoms with Crippen molar-refractivity contribution in [1.29, 1.82) is 0 Å². The van der Waals surface area contributed by atoms with Crippen molar-refractivity contribution in [2.45, 2.75) is 50.3 Å². The molecule has 0 saturated carbocycles. The molecule has 1 aliphatic rings. The van der Waals surface area contributed by atoms with E-state index in [1.807, 2.05) is 4.57 Å². The molecule has 11 heteroatoms. The summed E-state index contributed by atoms with van der Waals surface area (Å²) in [6, 6.07) is 7.96. The second kappa shape index (κ2) is 11.5. The first-order valence-corrected chi connectivity index (χ1v) is 12.1. The van der Waals surface area contributed by atoms with Crippen molar-refractivity contribution in [2.24, 2.45) is 0 Å². The predicted octanol–water partition coefficient (Wildman–Crippen LogP) is 4.92. The molecule has 4 rings (SSSR count). The molecular formula is C23H26F2N4O4S. The summed E-state index contributed by atoms with van der Waals surface area (Å²) in [6.07, 6.45) is 4.97. The summed E-state index contributed by atoms with van der Waals surface area (Å²) in [7, 11) is 0. The van der Waals surface area contributed by atoms with Gasteiger partial charge in [0, 0.05) is 5.69 Å². The maximum Gasteiger partial charge on any atom is 0.387 e. The highest BCUT2D eigenvalue weighted by Gasteiger charge is 2.21. The minimum atomic E-state index is -2.89. The number of aromatic nitrogens is 3. The zero-order chi connectivity index (χ0) is 23.9. The van der Waals surface area contributed by atoms with Crippen LogP contribution in [0.4, 0.5) is 8.78 Å².